The van der Waals surface area contributed by atoms with Gasteiger partial charge in [0.05, 0.1) is 12.1 Å². The Kier molecular flexibility index (Phi) is 5.20. The maximum Gasteiger partial charge on any atom is 0.410 e. The fourth-order valence-electron chi connectivity index (χ4n) is 2.22. The number of aliphatic hydroxyl groups excluding tert-OH is 1. The van der Waals surface area contributed by atoms with Crippen molar-refractivity contribution < 1.29 is 14.6 Å². The van der Waals surface area contributed by atoms with E-state index >= 15 is 0 Å². The van der Waals surface area contributed by atoms with Gasteiger partial charge in [-0.25, -0.2) is 4.79 Å². The van der Waals surface area contributed by atoms with Crippen LogP contribution in [0.2, 0.25) is 0 Å². The van der Waals surface area contributed by atoms with Crippen LogP contribution in [-0.4, -0.2) is 40.4 Å². The molecule has 18 heavy (non-hydrogen) atoms. The van der Waals surface area contributed by atoms with Gasteiger partial charge in [0.2, 0.25) is 0 Å². The second kappa shape index (κ2) is 6.23. The third kappa shape index (κ3) is 4.33. The third-order valence-corrected chi connectivity index (χ3v) is 3.04. The molecule has 4 nitrogen and oxygen atoms in total. The summed E-state index contributed by atoms with van der Waals surface area (Å²) in [5, 5.41) is 10.1. The summed E-state index contributed by atoms with van der Waals surface area (Å²) in [6.07, 6.45) is 4.16. The van der Waals surface area contributed by atoms with Crippen LogP contribution < -0.4 is 0 Å². The first-order valence-corrected chi connectivity index (χ1v) is 6.63. The number of rotatable bonds is 4. The monoisotopic (exact) mass is 255 g/mol. The molecule has 0 bridgehead atoms. The first-order valence-electron chi connectivity index (χ1n) is 6.63. The molecular weight excluding hydrogens is 230 g/mol. The topological polar surface area (TPSA) is 49.8 Å². The fourth-order valence-corrected chi connectivity index (χ4v) is 2.22. The Morgan fingerprint density at radius 3 is 2.83 bits per heavy atom. The minimum atomic E-state index is -0.490. The van der Waals surface area contributed by atoms with Crippen LogP contribution in [0.15, 0.2) is 12.7 Å². The number of carbonyl (C=O) groups excluding carboxylic acids is 1. The highest BCUT2D eigenvalue weighted by Crippen LogP contribution is 2.24. The summed E-state index contributed by atoms with van der Waals surface area (Å²) in [5.41, 5.74) is -0.490. The summed E-state index contributed by atoms with van der Waals surface area (Å²) >= 11 is 0. The van der Waals surface area contributed by atoms with Gasteiger partial charge < -0.3 is 14.7 Å². The minimum absolute atomic E-state index is 0.111. The van der Waals surface area contributed by atoms with Crippen molar-refractivity contribution in [2.75, 3.05) is 6.54 Å². The Morgan fingerprint density at radius 2 is 2.28 bits per heavy atom. The third-order valence-electron chi connectivity index (χ3n) is 3.04. The quantitative estimate of drug-likeness (QED) is 0.786. The Bertz CT molecular complexity index is 296. The molecule has 0 aromatic heterocycles. The largest absolute Gasteiger partial charge is 0.444 e. The molecule has 0 saturated carbocycles. The van der Waals surface area contributed by atoms with E-state index in [2.05, 4.69) is 6.58 Å². The maximum atomic E-state index is 12.0. The van der Waals surface area contributed by atoms with Gasteiger partial charge in [-0.05, 0) is 46.5 Å². The zero-order valence-corrected chi connectivity index (χ0v) is 11.7. The smallest absolute Gasteiger partial charge is 0.410 e. The normalized spacial score (nSPS) is 21.8. The van der Waals surface area contributed by atoms with Gasteiger partial charge in [0, 0.05) is 6.54 Å². The van der Waals surface area contributed by atoms with E-state index in [1.807, 2.05) is 20.8 Å². The van der Waals surface area contributed by atoms with Crippen LogP contribution in [-0.2, 0) is 4.74 Å². The number of likely N-dealkylation sites (tertiary alicyclic amines) is 1. The molecule has 0 aromatic carbocycles. The number of hydrogen-bond acceptors (Lipinski definition) is 3. The van der Waals surface area contributed by atoms with Crippen LogP contribution in [0.25, 0.3) is 0 Å². The summed E-state index contributed by atoms with van der Waals surface area (Å²) in [6.45, 7) is 9.87. The van der Waals surface area contributed by atoms with Crippen molar-refractivity contribution in [1.82, 2.24) is 4.90 Å². The molecule has 1 aliphatic heterocycles. The molecule has 1 fully saturated rings. The molecule has 0 aliphatic carbocycles. The SMILES string of the molecule is C=CCCC(O)[C@@H]1CCCN1C(=O)OC(C)(C)C. The standard InChI is InChI=1S/C14H25NO3/c1-5-6-9-12(16)11-8-7-10-15(11)13(17)18-14(2,3)4/h5,11-12,16H,1,6-10H2,2-4H3/t11-,12?/m0/s1. The van der Waals surface area contributed by atoms with Crippen molar-refractivity contribution in [3.05, 3.63) is 12.7 Å². The Balaban J connectivity index is 2.58. The predicted octanol–water partition coefficient (Wildman–Crippen LogP) is 2.71. The maximum absolute atomic E-state index is 12.0. The van der Waals surface area contributed by atoms with Gasteiger partial charge in [-0.2, -0.15) is 0 Å². The van der Waals surface area contributed by atoms with Crippen molar-refractivity contribution in [2.24, 2.45) is 0 Å². The molecule has 0 aromatic rings. The number of allylic oxidation sites excluding steroid dienone is 1. The number of carbonyl (C=O) groups is 1. The average molecular weight is 255 g/mol. The summed E-state index contributed by atoms with van der Waals surface area (Å²) in [7, 11) is 0. The van der Waals surface area contributed by atoms with Crippen LogP contribution in [0.4, 0.5) is 4.79 Å². The second-order valence-electron chi connectivity index (χ2n) is 5.82. The van der Waals surface area contributed by atoms with Gasteiger partial charge in [0.25, 0.3) is 0 Å². The Hall–Kier alpha value is -1.03. The fraction of sp³-hybridized carbons (Fsp3) is 0.786. The van der Waals surface area contributed by atoms with E-state index in [4.69, 9.17) is 4.74 Å². The molecule has 1 heterocycles. The first kappa shape index (κ1) is 15.0. The van der Waals surface area contributed by atoms with Gasteiger partial charge in [-0.1, -0.05) is 6.08 Å². The molecule has 2 atom stereocenters. The molecule has 1 aliphatic rings. The Labute approximate surface area is 110 Å². The molecule has 1 amide bonds. The molecule has 0 radical (unpaired) electrons. The van der Waals surface area contributed by atoms with Crippen LogP contribution in [0, 0.1) is 0 Å². The highest BCUT2D eigenvalue weighted by Gasteiger charge is 2.35. The van der Waals surface area contributed by atoms with Crippen LogP contribution in [0.3, 0.4) is 0 Å². The summed E-state index contributed by atoms with van der Waals surface area (Å²) < 4.78 is 5.36. The van der Waals surface area contributed by atoms with Gasteiger partial charge >= 0.3 is 6.09 Å². The molecular formula is C14H25NO3. The van der Waals surface area contributed by atoms with E-state index in [1.54, 1.807) is 11.0 Å². The highest BCUT2D eigenvalue weighted by atomic mass is 16.6. The summed E-state index contributed by atoms with van der Waals surface area (Å²) in [6, 6.07) is -0.111. The average Bonchev–Trinajstić information content (AvgIpc) is 2.72. The molecule has 1 unspecified atom stereocenters. The molecule has 1 N–H and O–H groups in total. The van der Waals surface area contributed by atoms with Gasteiger partial charge in [0.1, 0.15) is 5.60 Å². The zero-order valence-electron chi connectivity index (χ0n) is 11.7. The lowest BCUT2D eigenvalue weighted by atomic mass is 10.0. The van der Waals surface area contributed by atoms with Gasteiger partial charge in [-0.15, -0.1) is 6.58 Å². The zero-order chi connectivity index (χ0) is 13.8. The highest BCUT2D eigenvalue weighted by molar-refractivity contribution is 5.69. The number of hydrogen-bond donors (Lipinski definition) is 1. The lowest BCUT2D eigenvalue weighted by Crippen LogP contribution is -2.45. The van der Waals surface area contributed by atoms with Crippen molar-refractivity contribution in [1.29, 1.82) is 0 Å². The van der Waals surface area contributed by atoms with E-state index in [0.29, 0.717) is 13.0 Å². The summed E-state index contributed by atoms with van der Waals surface area (Å²) in [5.74, 6) is 0. The molecule has 0 spiro atoms. The van der Waals surface area contributed by atoms with E-state index in [1.165, 1.54) is 0 Å². The van der Waals surface area contributed by atoms with Crippen molar-refractivity contribution in [3.8, 4) is 0 Å². The molecule has 4 heteroatoms. The van der Waals surface area contributed by atoms with Gasteiger partial charge in [0.15, 0.2) is 0 Å². The second-order valence-corrected chi connectivity index (χ2v) is 5.82. The van der Waals surface area contributed by atoms with E-state index in [9.17, 15) is 9.90 Å². The molecule has 1 saturated heterocycles. The van der Waals surface area contributed by atoms with Crippen molar-refractivity contribution >= 4 is 6.09 Å². The van der Waals surface area contributed by atoms with Crippen LogP contribution in [0.1, 0.15) is 46.5 Å². The van der Waals surface area contributed by atoms with Crippen LogP contribution in [0.5, 0.6) is 0 Å². The summed E-state index contributed by atoms with van der Waals surface area (Å²) in [4.78, 5) is 13.7. The van der Waals surface area contributed by atoms with E-state index in [-0.39, 0.29) is 12.1 Å². The van der Waals surface area contributed by atoms with Crippen LogP contribution >= 0.6 is 0 Å². The van der Waals surface area contributed by atoms with E-state index < -0.39 is 11.7 Å². The van der Waals surface area contributed by atoms with Gasteiger partial charge in [-0.3, -0.25) is 0 Å². The van der Waals surface area contributed by atoms with Crippen molar-refractivity contribution in [2.45, 2.75) is 64.2 Å². The number of ether oxygens (including phenoxy) is 1. The first-order chi connectivity index (χ1) is 8.35. The molecule has 1 rings (SSSR count). The number of aliphatic hydroxyl groups is 1. The Morgan fingerprint density at radius 1 is 1.61 bits per heavy atom. The van der Waals surface area contributed by atoms with Crippen molar-refractivity contribution in [3.63, 3.8) is 0 Å². The lowest BCUT2D eigenvalue weighted by molar-refractivity contribution is 0.00412. The lowest BCUT2D eigenvalue weighted by Gasteiger charge is -2.31. The number of amides is 1. The predicted molar refractivity (Wildman–Crippen MR) is 71.4 cm³/mol. The number of nitrogens with zero attached hydrogens (tertiary/aromatic N) is 1. The molecule has 104 valence electrons. The van der Waals surface area contributed by atoms with E-state index in [0.717, 1.165) is 19.3 Å². The minimum Gasteiger partial charge on any atom is -0.444 e.